The van der Waals surface area contributed by atoms with E-state index in [9.17, 15) is 9.59 Å². The molecule has 0 spiro atoms. The van der Waals surface area contributed by atoms with Gasteiger partial charge in [-0.05, 0) is 55.9 Å². The van der Waals surface area contributed by atoms with Crippen LogP contribution in [0.25, 0.3) is 0 Å². The molecule has 0 heterocycles. The third kappa shape index (κ3) is 11.5. The first-order chi connectivity index (χ1) is 16.0. The van der Waals surface area contributed by atoms with Crippen LogP contribution in [0.1, 0.15) is 47.0 Å². The number of carbonyl (C=O) groups is 2. The van der Waals surface area contributed by atoms with Crippen molar-refractivity contribution in [3.8, 4) is 0 Å². The largest absolute Gasteiger partial charge is 0.374 e. The molecule has 2 amide bonds. The number of amides is 2. The molecule has 1 unspecified atom stereocenters. The molecule has 0 aliphatic heterocycles. The summed E-state index contributed by atoms with van der Waals surface area (Å²) in [4.78, 5) is 30.5. The molecule has 0 rings (SSSR count). The van der Waals surface area contributed by atoms with E-state index < -0.39 is 0 Å². The average Bonchev–Trinajstić information content (AvgIpc) is 2.81. The van der Waals surface area contributed by atoms with Crippen LogP contribution in [0.15, 0.2) is 60.5 Å². The Labute approximate surface area is 219 Å². The lowest BCUT2D eigenvalue weighted by atomic mass is 9.91. The van der Waals surface area contributed by atoms with Gasteiger partial charge in [0, 0.05) is 39.3 Å². The minimum Gasteiger partial charge on any atom is -0.374 e. The summed E-state index contributed by atoms with van der Waals surface area (Å²) >= 11 is 8.64. The molecule has 0 saturated carbocycles. The molecule has 34 heavy (non-hydrogen) atoms. The Morgan fingerprint density at radius 3 is 2.18 bits per heavy atom. The maximum Gasteiger partial charge on any atom is 0.248 e. The molecule has 0 radical (unpaired) electrons. The first kappa shape index (κ1) is 32.1. The van der Waals surface area contributed by atoms with Crippen LogP contribution in [0, 0.1) is 5.41 Å². The molecule has 0 aromatic heterocycles. The van der Waals surface area contributed by atoms with E-state index in [0.717, 1.165) is 24.1 Å². The normalized spacial score (nSPS) is 13.6. The topological polar surface area (TPSA) is 43.9 Å². The Morgan fingerprint density at radius 1 is 1.06 bits per heavy atom. The summed E-state index contributed by atoms with van der Waals surface area (Å²) in [6.07, 6.45) is 16.3. The highest BCUT2D eigenvalue weighted by Gasteiger charge is 2.28. The molecule has 192 valence electrons. The predicted molar refractivity (Wildman–Crippen MR) is 153 cm³/mol. The molecular weight excluding hydrogens is 462 g/mol. The van der Waals surface area contributed by atoms with Gasteiger partial charge in [0.2, 0.25) is 11.8 Å². The molecule has 0 fully saturated rings. The highest BCUT2D eigenvalue weighted by atomic mass is 32.1. The number of imide groups is 1. The zero-order valence-electron chi connectivity index (χ0n) is 22.1. The maximum absolute atomic E-state index is 12.7. The Hall–Kier alpha value is -1.86. The minimum absolute atomic E-state index is 0.104. The van der Waals surface area contributed by atoms with E-state index in [-0.39, 0.29) is 30.2 Å². The standard InChI is InChI=1S/C27H45N3O2S2/c1-9-17-28(6)23(10-2)14-12-13-22(4)15-16-24(11-3)29(7)19-26(32)30(8)25(31)18-27(5,20-33)21-34/h9,11-12,14-17,23,33-34H,4,10,13,18-21H2,1-3,5-8H3. The number of carbonyl (C=O) groups excluding carboxylic acids is 2. The number of hydrogen-bond donors (Lipinski definition) is 2. The van der Waals surface area contributed by atoms with Crippen LogP contribution in [0.5, 0.6) is 0 Å². The van der Waals surface area contributed by atoms with Crippen molar-refractivity contribution < 1.29 is 9.59 Å². The Kier molecular flexibility index (Phi) is 15.8. The van der Waals surface area contributed by atoms with E-state index in [1.54, 1.807) is 0 Å². The summed E-state index contributed by atoms with van der Waals surface area (Å²) in [5, 5.41) is 0. The van der Waals surface area contributed by atoms with Crippen molar-refractivity contribution in [3.63, 3.8) is 0 Å². The highest BCUT2D eigenvalue weighted by molar-refractivity contribution is 7.81. The summed E-state index contributed by atoms with van der Waals surface area (Å²) in [6, 6.07) is 0.356. The van der Waals surface area contributed by atoms with Crippen molar-refractivity contribution >= 4 is 37.1 Å². The summed E-state index contributed by atoms with van der Waals surface area (Å²) in [7, 11) is 5.45. The molecule has 0 aromatic rings. The van der Waals surface area contributed by atoms with Gasteiger partial charge in [-0.2, -0.15) is 25.3 Å². The number of allylic oxidation sites excluding steroid dienone is 6. The van der Waals surface area contributed by atoms with Crippen molar-refractivity contribution in [3.05, 3.63) is 60.5 Å². The fraction of sp³-hybridized carbons (Fsp3) is 0.556. The zero-order chi connectivity index (χ0) is 26.3. The van der Waals surface area contributed by atoms with Gasteiger partial charge in [-0.1, -0.05) is 56.4 Å². The quantitative estimate of drug-likeness (QED) is 0.178. The smallest absolute Gasteiger partial charge is 0.248 e. The maximum atomic E-state index is 12.7. The fourth-order valence-electron chi connectivity index (χ4n) is 3.18. The van der Waals surface area contributed by atoms with Gasteiger partial charge in [-0.3, -0.25) is 14.5 Å². The molecule has 0 saturated heterocycles. The zero-order valence-corrected chi connectivity index (χ0v) is 23.9. The Balaban J connectivity index is 4.94. The Morgan fingerprint density at radius 2 is 1.68 bits per heavy atom. The van der Waals surface area contributed by atoms with Gasteiger partial charge in [0.25, 0.3) is 0 Å². The molecule has 0 N–H and O–H groups in total. The summed E-state index contributed by atoms with van der Waals surface area (Å²) in [5.41, 5.74) is 1.52. The second kappa shape index (κ2) is 16.7. The highest BCUT2D eigenvalue weighted by Crippen LogP contribution is 2.25. The van der Waals surface area contributed by atoms with E-state index in [0.29, 0.717) is 17.5 Å². The van der Waals surface area contributed by atoms with Gasteiger partial charge in [0.1, 0.15) is 0 Å². The van der Waals surface area contributed by atoms with Gasteiger partial charge < -0.3 is 9.80 Å². The van der Waals surface area contributed by atoms with Gasteiger partial charge in [0.15, 0.2) is 0 Å². The van der Waals surface area contributed by atoms with Crippen LogP contribution < -0.4 is 0 Å². The van der Waals surface area contributed by atoms with Crippen molar-refractivity contribution in [2.24, 2.45) is 5.41 Å². The van der Waals surface area contributed by atoms with Gasteiger partial charge in [-0.25, -0.2) is 0 Å². The van der Waals surface area contributed by atoms with E-state index in [2.05, 4.69) is 69.1 Å². The number of thiol groups is 2. The SMILES string of the molecule is C=C(C=CC(=CC)N(C)CC(=O)N(C)C(=O)CC(C)(CS)CS)CC=CC(CC)N(C)C=CC. The first-order valence-corrected chi connectivity index (χ1v) is 13.0. The third-order valence-electron chi connectivity index (χ3n) is 5.75. The van der Waals surface area contributed by atoms with Crippen LogP contribution >= 0.6 is 25.3 Å². The molecule has 1 atom stereocenters. The fourth-order valence-corrected chi connectivity index (χ4v) is 3.81. The molecule has 0 aliphatic rings. The van der Waals surface area contributed by atoms with Crippen LogP contribution in [0.4, 0.5) is 0 Å². The van der Waals surface area contributed by atoms with Gasteiger partial charge in [-0.15, -0.1) is 0 Å². The lowest BCUT2D eigenvalue weighted by Gasteiger charge is -2.28. The minimum atomic E-state index is -0.338. The second-order valence-electron chi connectivity index (χ2n) is 8.97. The molecule has 7 heteroatoms. The van der Waals surface area contributed by atoms with E-state index in [1.807, 2.05) is 57.0 Å². The van der Waals surface area contributed by atoms with E-state index in [1.165, 1.54) is 11.9 Å². The first-order valence-electron chi connectivity index (χ1n) is 11.7. The Bertz CT molecular complexity index is 783. The van der Waals surface area contributed by atoms with E-state index >= 15 is 0 Å². The van der Waals surface area contributed by atoms with Crippen LogP contribution in [0.3, 0.4) is 0 Å². The third-order valence-corrected chi connectivity index (χ3v) is 7.28. The van der Waals surface area contributed by atoms with Crippen molar-refractivity contribution in [1.29, 1.82) is 0 Å². The number of hydrogen-bond acceptors (Lipinski definition) is 6. The van der Waals surface area contributed by atoms with Gasteiger partial charge >= 0.3 is 0 Å². The molecule has 0 aliphatic carbocycles. The molecular formula is C27H45N3O2S2. The lowest BCUT2D eigenvalue weighted by Crippen LogP contribution is -2.42. The summed E-state index contributed by atoms with van der Waals surface area (Å²) in [6.45, 7) is 12.3. The van der Waals surface area contributed by atoms with Crippen LogP contribution in [-0.2, 0) is 9.59 Å². The molecule has 5 nitrogen and oxygen atoms in total. The van der Waals surface area contributed by atoms with Crippen LogP contribution in [0.2, 0.25) is 0 Å². The summed E-state index contributed by atoms with van der Waals surface area (Å²) < 4.78 is 0. The number of nitrogens with zero attached hydrogens (tertiary/aromatic N) is 3. The monoisotopic (exact) mass is 507 g/mol. The lowest BCUT2D eigenvalue weighted by molar-refractivity contribution is -0.144. The molecule has 0 aromatic carbocycles. The van der Waals surface area contributed by atoms with Crippen molar-refractivity contribution in [2.75, 3.05) is 39.2 Å². The van der Waals surface area contributed by atoms with Gasteiger partial charge in [0.05, 0.1) is 6.54 Å². The summed E-state index contributed by atoms with van der Waals surface area (Å²) in [5.74, 6) is 0.593. The van der Waals surface area contributed by atoms with Crippen molar-refractivity contribution in [2.45, 2.75) is 53.0 Å². The number of rotatable bonds is 15. The van der Waals surface area contributed by atoms with Crippen LogP contribution in [-0.4, -0.2) is 71.7 Å². The van der Waals surface area contributed by atoms with E-state index in [4.69, 9.17) is 0 Å². The predicted octanol–water partition coefficient (Wildman–Crippen LogP) is 5.37. The average molecular weight is 508 g/mol. The second-order valence-corrected chi connectivity index (χ2v) is 9.60. The van der Waals surface area contributed by atoms with Crippen molar-refractivity contribution in [1.82, 2.24) is 14.7 Å². The number of likely N-dealkylation sites (N-methyl/N-ethyl adjacent to an activating group) is 3. The molecule has 0 bridgehead atoms.